The predicted octanol–water partition coefficient (Wildman–Crippen LogP) is 4.94. The van der Waals surface area contributed by atoms with Crippen LogP contribution in [-0.2, 0) is 11.0 Å². The number of thioether (sulfide) groups is 1. The fourth-order valence-electron chi connectivity index (χ4n) is 4.18. The van der Waals surface area contributed by atoms with Crippen LogP contribution in [0.4, 0.5) is 13.2 Å². The predicted molar refractivity (Wildman–Crippen MR) is 120 cm³/mol. The number of alkyl halides is 3. The third-order valence-electron chi connectivity index (χ3n) is 5.53. The lowest BCUT2D eigenvalue weighted by Crippen LogP contribution is -2.43. The highest BCUT2D eigenvalue weighted by molar-refractivity contribution is 7.99. The molecule has 0 saturated carbocycles. The number of halogens is 3. The van der Waals surface area contributed by atoms with Crippen LogP contribution in [0.5, 0.6) is 0 Å². The van der Waals surface area contributed by atoms with Gasteiger partial charge in [0.15, 0.2) is 11.0 Å². The molecule has 0 N–H and O–H groups in total. The maximum Gasteiger partial charge on any atom is 0.416 e. The summed E-state index contributed by atoms with van der Waals surface area (Å²) in [6.45, 7) is 5.69. The molecule has 4 rings (SSSR count). The number of carbonyl (C=O) groups is 1. The minimum atomic E-state index is -4.48. The van der Waals surface area contributed by atoms with Gasteiger partial charge in [-0.3, -0.25) is 14.3 Å². The first kappa shape index (κ1) is 23.3. The van der Waals surface area contributed by atoms with Crippen LogP contribution in [0.1, 0.15) is 25.8 Å². The topological polar surface area (TPSA) is 63.9 Å². The number of nitrogens with zero attached hydrogens (tertiary/aromatic N) is 5. The Morgan fingerprint density at radius 2 is 1.88 bits per heavy atom. The van der Waals surface area contributed by atoms with E-state index in [0.717, 1.165) is 18.6 Å². The first-order chi connectivity index (χ1) is 15.7. The van der Waals surface area contributed by atoms with Crippen LogP contribution in [0.2, 0.25) is 0 Å². The summed E-state index contributed by atoms with van der Waals surface area (Å²) in [6, 6.07) is 8.47. The van der Waals surface area contributed by atoms with Crippen LogP contribution in [0.3, 0.4) is 0 Å². The van der Waals surface area contributed by atoms with Crippen LogP contribution in [0.25, 0.3) is 17.1 Å². The minimum absolute atomic E-state index is 0.0140. The summed E-state index contributed by atoms with van der Waals surface area (Å²) in [7, 11) is 0. The van der Waals surface area contributed by atoms with Crippen molar-refractivity contribution < 1.29 is 18.0 Å². The van der Waals surface area contributed by atoms with E-state index in [1.807, 2.05) is 4.90 Å². The second-order valence-corrected chi connectivity index (χ2v) is 9.41. The first-order valence-electron chi connectivity index (χ1n) is 10.7. The Labute approximate surface area is 194 Å². The Morgan fingerprint density at radius 1 is 1.12 bits per heavy atom. The Bertz CT molecular complexity index is 1110. The number of hydrogen-bond donors (Lipinski definition) is 0. The molecule has 0 unspecified atom stereocenters. The monoisotopic (exact) mass is 475 g/mol. The van der Waals surface area contributed by atoms with E-state index in [1.54, 1.807) is 35.2 Å². The van der Waals surface area contributed by atoms with Gasteiger partial charge in [0.25, 0.3) is 0 Å². The molecule has 1 fully saturated rings. The third-order valence-corrected chi connectivity index (χ3v) is 6.44. The third kappa shape index (κ3) is 5.38. The zero-order valence-corrected chi connectivity index (χ0v) is 19.1. The van der Waals surface area contributed by atoms with Gasteiger partial charge in [0, 0.05) is 31.0 Å². The van der Waals surface area contributed by atoms with Gasteiger partial charge in [-0.15, -0.1) is 10.2 Å². The van der Waals surface area contributed by atoms with Crippen LogP contribution < -0.4 is 0 Å². The van der Waals surface area contributed by atoms with Crippen LogP contribution in [-0.4, -0.2) is 49.4 Å². The Kier molecular flexibility index (Phi) is 6.73. The number of pyridine rings is 1. The lowest BCUT2D eigenvalue weighted by Gasteiger charge is -2.34. The zero-order chi connectivity index (χ0) is 23.6. The van der Waals surface area contributed by atoms with Crippen LogP contribution in [0.15, 0.2) is 53.9 Å². The van der Waals surface area contributed by atoms with E-state index >= 15 is 0 Å². The SMILES string of the molecule is C[C@H]1C[C@H](C)CN(C(=O)CSc2nnc(-c3cccnc3)n2-c2cccc(C(F)(F)F)c2)C1. The Balaban J connectivity index is 1.65. The molecule has 6 nitrogen and oxygen atoms in total. The van der Waals surface area contributed by atoms with Gasteiger partial charge in [-0.1, -0.05) is 31.7 Å². The van der Waals surface area contributed by atoms with Crippen molar-refractivity contribution in [3.05, 3.63) is 54.4 Å². The molecule has 33 heavy (non-hydrogen) atoms. The summed E-state index contributed by atoms with van der Waals surface area (Å²) in [6.07, 6.45) is -0.216. The highest BCUT2D eigenvalue weighted by atomic mass is 32.2. The van der Waals surface area contributed by atoms with E-state index in [4.69, 9.17) is 0 Å². The molecular weight excluding hydrogens is 451 g/mol. The van der Waals surface area contributed by atoms with E-state index in [2.05, 4.69) is 29.0 Å². The summed E-state index contributed by atoms with van der Waals surface area (Å²) >= 11 is 1.17. The number of carbonyl (C=O) groups excluding carboxylic acids is 1. The molecule has 0 radical (unpaired) electrons. The van der Waals surface area contributed by atoms with E-state index < -0.39 is 11.7 Å². The van der Waals surface area contributed by atoms with E-state index in [0.29, 0.717) is 41.5 Å². The van der Waals surface area contributed by atoms with Crippen molar-refractivity contribution in [3.8, 4) is 17.1 Å². The van der Waals surface area contributed by atoms with Gasteiger partial charge in [0.2, 0.25) is 5.91 Å². The second-order valence-electron chi connectivity index (χ2n) is 8.46. The molecule has 3 aromatic rings. The number of piperidine rings is 1. The van der Waals surface area contributed by atoms with Crippen molar-refractivity contribution in [1.29, 1.82) is 0 Å². The van der Waals surface area contributed by atoms with Crippen molar-refractivity contribution >= 4 is 17.7 Å². The first-order valence-corrected chi connectivity index (χ1v) is 11.6. The molecule has 2 atom stereocenters. The fourth-order valence-corrected chi connectivity index (χ4v) is 5.04. The number of likely N-dealkylation sites (tertiary alicyclic amines) is 1. The molecular formula is C23H24F3N5OS. The molecule has 2 aromatic heterocycles. The van der Waals surface area contributed by atoms with Crippen molar-refractivity contribution in [2.75, 3.05) is 18.8 Å². The van der Waals surface area contributed by atoms with Crippen molar-refractivity contribution in [2.45, 2.75) is 31.6 Å². The van der Waals surface area contributed by atoms with Gasteiger partial charge < -0.3 is 4.90 Å². The molecule has 174 valence electrons. The summed E-state index contributed by atoms with van der Waals surface area (Å²) in [5.74, 6) is 1.35. The summed E-state index contributed by atoms with van der Waals surface area (Å²) in [4.78, 5) is 18.8. The molecule has 1 saturated heterocycles. The Morgan fingerprint density at radius 3 is 2.55 bits per heavy atom. The number of benzene rings is 1. The quantitative estimate of drug-likeness (QED) is 0.489. The van der Waals surface area contributed by atoms with Gasteiger partial charge >= 0.3 is 6.18 Å². The highest BCUT2D eigenvalue weighted by Crippen LogP contribution is 2.33. The molecule has 1 amide bonds. The minimum Gasteiger partial charge on any atom is -0.341 e. The summed E-state index contributed by atoms with van der Waals surface area (Å²) < 4.78 is 41.6. The lowest BCUT2D eigenvalue weighted by atomic mass is 9.92. The molecule has 1 aliphatic rings. The summed E-state index contributed by atoms with van der Waals surface area (Å²) in [5.41, 5.74) is 0.109. The average Bonchev–Trinajstić information content (AvgIpc) is 3.21. The van der Waals surface area contributed by atoms with Crippen LogP contribution >= 0.6 is 11.8 Å². The van der Waals surface area contributed by atoms with E-state index in [1.165, 1.54) is 17.8 Å². The molecule has 0 spiro atoms. The summed E-state index contributed by atoms with van der Waals surface area (Å²) in [5, 5.41) is 8.77. The van der Waals surface area contributed by atoms with Gasteiger partial charge in [-0.05, 0) is 48.6 Å². The second kappa shape index (κ2) is 9.54. The standard InChI is InChI=1S/C23H24F3N5OS/c1-15-9-16(2)13-30(12-15)20(32)14-33-22-29-28-21(17-5-4-8-27-11-17)31(22)19-7-3-6-18(10-19)23(24,25)26/h3-8,10-11,15-16H,9,12-14H2,1-2H3/t15-,16-/m0/s1. The Hall–Kier alpha value is -2.88. The van der Waals surface area contributed by atoms with Crippen LogP contribution in [0, 0.1) is 11.8 Å². The van der Waals surface area contributed by atoms with Crippen molar-refractivity contribution in [1.82, 2.24) is 24.6 Å². The maximum absolute atomic E-state index is 13.4. The van der Waals surface area contributed by atoms with E-state index in [9.17, 15) is 18.0 Å². The highest BCUT2D eigenvalue weighted by Gasteiger charge is 2.31. The normalized spacial score (nSPS) is 19.0. The molecule has 0 aliphatic carbocycles. The molecule has 10 heteroatoms. The molecule has 3 heterocycles. The lowest BCUT2D eigenvalue weighted by molar-refractivity contribution is -0.137. The number of aromatic nitrogens is 4. The van der Waals surface area contributed by atoms with Crippen molar-refractivity contribution in [2.24, 2.45) is 11.8 Å². The van der Waals surface area contributed by atoms with Gasteiger partial charge in [0.05, 0.1) is 17.0 Å². The number of amides is 1. The van der Waals surface area contributed by atoms with E-state index in [-0.39, 0.29) is 17.3 Å². The zero-order valence-electron chi connectivity index (χ0n) is 18.3. The van der Waals surface area contributed by atoms with Gasteiger partial charge in [0.1, 0.15) is 0 Å². The fraction of sp³-hybridized carbons (Fsp3) is 0.391. The van der Waals surface area contributed by atoms with Crippen molar-refractivity contribution in [3.63, 3.8) is 0 Å². The van der Waals surface area contributed by atoms with Gasteiger partial charge in [-0.25, -0.2) is 0 Å². The largest absolute Gasteiger partial charge is 0.416 e. The number of hydrogen-bond acceptors (Lipinski definition) is 5. The smallest absolute Gasteiger partial charge is 0.341 e. The molecule has 1 aliphatic heterocycles. The number of rotatable bonds is 5. The molecule has 0 bridgehead atoms. The molecule has 1 aromatic carbocycles. The van der Waals surface area contributed by atoms with Gasteiger partial charge in [-0.2, -0.15) is 13.2 Å². The average molecular weight is 476 g/mol. The maximum atomic E-state index is 13.4.